The van der Waals surface area contributed by atoms with Crippen molar-refractivity contribution in [2.24, 2.45) is 5.92 Å². The van der Waals surface area contributed by atoms with Crippen molar-refractivity contribution in [1.82, 2.24) is 10.2 Å². The molecular formula is C11H24N2O2. The highest BCUT2D eigenvalue weighted by atomic mass is 16.5. The highest BCUT2D eigenvalue weighted by Crippen LogP contribution is 1.91. The zero-order valence-electron chi connectivity index (χ0n) is 10.4. The SMILES string of the molecule is CCN(CC)C(=O)NCCOCC(C)C. The lowest BCUT2D eigenvalue weighted by atomic mass is 10.2. The molecule has 0 fully saturated rings. The van der Waals surface area contributed by atoms with E-state index in [9.17, 15) is 4.79 Å². The third kappa shape index (κ3) is 7.19. The molecule has 15 heavy (non-hydrogen) atoms. The summed E-state index contributed by atoms with van der Waals surface area (Å²) in [7, 11) is 0. The molecule has 0 radical (unpaired) electrons. The second-order valence-corrected chi connectivity index (χ2v) is 3.87. The Bertz CT molecular complexity index is 168. The van der Waals surface area contributed by atoms with Crippen LogP contribution in [0.1, 0.15) is 27.7 Å². The Morgan fingerprint density at radius 1 is 1.33 bits per heavy atom. The van der Waals surface area contributed by atoms with Gasteiger partial charge >= 0.3 is 6.03 Å². The lowest BCUT2D eigenvalue weighted by molar-refractivity contribution is 0.111. The first-order valence-corrected chi connectivity index (χ1v) is 5.72. The Kier molecular flexibility index (Phi) is 8.09. The van der Waals surface area contributed by atoms with Crippen molar-refractivity contribution in [3.8, 4) is 0 Å². The molecule has 1 N–H and O–H groups in total. The van der Waals surface area contributed by atoms with E-state index in [0.717, 1.165) is 19.7 Å². The molecule has 4 nitrogen and oxygen atoms in total. The molecule has 4 heteroatoms. The van der Waals surface area contributed by atoms with Crippen LogP contribution in [0.4, 0.5) is 4.79 Å². The second kappa shape index (κ2) is 8.53. The lowest BCUT2D eigenvalue weighted by Crippen LogP contribution is -2.41. The summed E-state index contributed by atoms with van der Waals surface area (Å²) < 4.78 is 5.36. The molecule has 0 aliphatic rings. The summed E-state index contributed by atoms with van der Waals surface area (Å²) in [4.78, 5) is 13.2. The van der Waals surface area contributed by atoms with Crippen molar-refractivity contribution in [2.75, 3.05) is 32.8 Å². The Morgan fingerprint density at radius 3 is 2.40 bits per heavy atom. The van der Waals surface area contributed by atoms with Crippen molar-refractivity contribution in [3.05, 3.63) is 0 Å². The zero-order chi connectivity index (χ0) is 11.7. The molecule has 0 aliphatic carbocycles. The standard InChI is InChI=1S/C11H24N2O2/c1-5-13(6-2)11(14)12-7-8-15-9-10(3)4/h10H,5-9H2,1-4H3,(H,12,14). The minimum Gasteiger partial charge on any atom is -0.379 e. The molecule has 0 spiro atoms. The van der Waals surface area contributed by atoms with Gasteiger partial charge in [-0.05, 0) is 19.8 Å². The summed E-state index contributed by atoms with van der Waals surface area (Å²) in [6.07, 6.45) is 0. The lowest BCUT2D eigenvalue weighted by Gasteiger charge is -2.19. The molecule has 0 aliphatic heterocycles. The number of carbonyl (C=O) groups is 1. The van der Waals surface area contributed by atoms with E-state index in [0.29, 0.717) is 19.1 Å². The van der Waals surface area contributed by atoms with Crippen LogP contribution in [0.15, 0.2) is 0 Å². The molecule has 90 valence electrons. The largest absolute Gasteiger partial charge is 0.379 e. The first-order valence-electron chi connectivity index (χ1n) is 5.72. The Balaban J connectivity index is 3.46. The van der Waals surface area contributed by atoms with Crippen LogP contribution in [0.2, 0.25) is 0 Å². The van der Waals surface area contributed by atoms with Gasteiger partial charge in [0.1, 0.15) is 0 Å². The highest BCUT2D eigenvalue weighted by Gasteiger charge is 2.07. The summed E-state index contributed by atoms with van der Waals surface area (Å²) in [5.41, 5.74) is 0. The quantitative estimate of drug-likeness (QED) is 0.658. The predicted octanol–water partition coefficient (Wildman–Crippen LogP) is 1.71. The average molecular weight is 216 g/mol. The fourth-order valence-electron chi connectivity index (χ4n) is 1.17. The molecule has 0 saturated heterocycles. The number of hydrogen-bond donors (Lipinski definition) is 1. The first-order chi connectivity index (χ1) is 7.11. The fraction of sp³-hybridized carbons (Fsp3) is 0.909. The zero-order valence-corrected chi connectivity index (χ0v) is 10.4. The van der Waals surface area contributed by atoms with Gasteiger partial charge in [-0.25, -0.2) is 4.79 Å². The van der Waals surface area contributed by atoms with Crippen molar-refractivity contribution in [2.45, 2.75) is 27.7 Å². The van der Waals surface area contributed by atoms with Gasteiger partial charge in [0.05, 0.1) is 6.61 Å². The van der Waals surface area contributed by atoms with Gasteiger partial charge in [0.2, 0.25) is 0 Å². The molecule has 0 saturated carbocycles. The summed E-state index contributed by atoms with van der Waals surface area (Å²) in [6, 6.07) is -0.00635. The smallest absolute Gasteiger partial charge is 0.317 e. The Morgan fingerprint density at radius 2 is 1.93 bits per heavy atom. The monoisotopic (exact) mass is 216 g/mol. The van der Waals surface area contributed by atoms with Crippen molar-refractivity contribution < 1.29 is 9.53 Å². The molecule has 0 aromatic heterocycles. The molecule has 0 rings (SSSR count). The summed E-state index contributed by atoms with van der Waals surface area (Å²) in [5.74, 6) is 0.545. The minimum atomic E-state index is -0.00635. The number of amides is 2. The van der Waals surface area contributed by atoms with E-state index in [-0.39, 0.29) is 6.03 Å². The van der Waals surface area contributed by atoms with Crippen LogP contribution >= 0.6 is 0 Å². The summed E-state index contributed by atoms with van der Waals surface area (Å²) in [5, 5.41) is 2.82. The molecule has 0 aromatic rings. The molecule has 0 aromatic carbocycles. The molecule has 0 heterocycles. The van der Waals surface area contributed by atoms with Gasteiger partial charge in [-0.2, -0.15) is 0 Å². The number of nitrogens with one attached hydrogen (secondary N) is 1. The number of rotatable bonds is 7. The number of ether oxygens (including phenoxy) is 1. The topological polar surface area (TPSA) is 41.6 Å². The van der Waals surface area contributed by atoms with Crippen LogP contribution in [0.3, 0.4) is 0 Å². The van der Waals surface area contributed by atoms with Gasteiger partial charge in [0.25, 0.3) is 0 Å². The Labute approximate surface area is 93.0 Å². The van der Waals surface area contributed by atoms with Crippen LogP contribution in [-0.2, 0) is 4.74 Å². The second-order valence-electron chi connectivity index (χ2n) is 3.87. The van der Waals surface area contributed by atoms with Crippen LogP contribution in [0, 0.1) is 5.92 Å². The maximum absolute atomic E-state index is 11.5. The molecule has 0 atom stereocenters. The third-order valence-electron chi connectivity index (χ3n) is 2.02. The van der Waals surface area contributed by atoms with Gasteiger partial charge in [-0.3, -0.25) is 0 Å². The Hall–Kier alpha value is -0.770. The summed E-state index contributed by atoms with van der Waals surface area (Å²) >= 11 is 0. The van der Waals surface area contributed by atoms with Crippen LogP contribution in [0.25, 0.3) is 0 Å². The van der Waals surface area contributed by atoms with Crippen LogP contribution in [-0.4, -0.2) is 43.8 Å². The first kappa shape index (κ1) is 14.2. The molecule has 0 bridgehead atoms. The molecule has 0 unspecified atom stereocenters. The van der Waals surface area contributed by atoms with E-state index in [1.165, 1.54) is 0 Å². The van der Waals surface area contributed by atoms with Crippen LogP contribution < -0.4 is 5.32 Å². The van der Waals surface area contributed by atoms with E-state index in [2.05, 4.69) is 19.2 Å². The van der Waals surface area contributed by atoms with Crippen LogP contribution in [0.5, 0.6) is 0 Å². The van der Waals surface area contributed by atoms with E-state index >= 15 is 0 Å². The number of hydrogen-bond acceptors (Lipinski definition) is 2. The van der Waals surface area contributed by atoms with Gasteiger partial charge in [0, 0.05) is 26.2 Å². The van der Waals surface area contributed by atoms with E-state index in [1.54, 1.807) is 4.90 Å². The third-order valence-corrected chi connectivity index (χ3v) is 2.02. The maximum Gasteiger partial charge on any atom is 0.317 e. The van der Waals surface area contributed by atoms with Gasteiger partial charge in [-0.1, -0.05) is 13.8 Å². The number of urea groups is 1. The molecule has 2 amide bonds. The highest BCUT2D eigenvalue weighted by molar-refractivity contribution is 5.73. The van der Waals surface area contributed by atoms with Gasteiger partial charge in [-0.15, -0.1) is 0 Å². The van der Waals surface area contributed by atoms with Crippen molar-refractivity contribution >= 4 is 6.03 Å². The van der Waals surface area contributed by atoms with E-state index in [4.69, 9.17) is 4.74 Å². The van der Waals surface area contributed by atoms with E-state index in [1.807, 2.05) is 13.8 Å². The number of nitrogens with zero attached hydrogens (tertiary/aromatic N) is 1. The molecular weight excluding hydrogens is 192 g/mol. The van der Waals surface area contributed by atoms with E-state index < -0.39 is 0 Å². The average Bonchev–Trinajstić information content (AvgIpc) is 2.18. The number of carbonyl (C=O) groups excluding carboxylic acids is 1. The minimum absolute atomic E-state index is 0.00635. The maximum atomic E-state index is 11.5. The predicted molar refractivity (Wildman–Crippen MR) is 62.0 cm³/mol. The van der Waals surface area contributed by atoms with Gasteiger partial charge < -0.3 is 15.0 Å². The summed E-state index contributed by atoms with van der Waals surface area (Å²) in [6.45, 7) is 11.6. The normalized spacial score (nSPS) is 10.5. The fourth-order valence-corrected chi connectivity index (χ4v) is 1.17. The van der Waals surface area contributed by atoms with Gasteiger partial charge in [0.15, 0.2) is 0 Å². The van der Waals surface area contributed by atoms with Crippen molar-refractivity contribution in [1.29, 1.82) is 0 Å². The van der Waals surface area contributed by atoms with Crippen molar-refractivity contribution in [3.63, 3.8) is 0 Å².